The molecule has 0 fully saturated rings. The molecule has 2 heterocycles. The van der Waals surface area contributed by atoms with Gasteiger partial charge in [-0.05, 0) is 46.5 Å². The average Bonchev–Trinajstić information content (AvgIpc) is 3.67. The number of nitrogens with zero attached hydrogens (tertiary/aromatic N) is 4. The van der Waals surface area contributed by atoms with E-state index < -0.39 is 0 Å². The Bertz CT molecular complexity index is 2600. The molecule has 7 aromatic carbocycles. The molecule has 52 heavy (non-hydrogen) atoms. The van der Waals surface area contributed by atoms with E-state index >= 15 is 0 Å². The van der Waals surface area contributed by atoms with Gasteiger partial charge in [0, 0.05) is 39.1 Å². The molecular formula is C46H31N5O. The summed E-state index contributed by atoms with van der Waals surface area (Å²) in [5.74, 6) is 2.51. The summed E-state index contributed by atoms with van der Waals surface area (Å²) in [6.07, 6.45) is 0. The first-order valence-electron chi connectivity index (χ1n) is 17.1. The van der Waals surface area contributed by atoms with Crippen molar-refractivity contribution in [1.82, 2.24) is 19.9 Å². The Kier molecular flexibility index (Phi) is 7.87. The van der Waals surface area contributed by atoms with Crippen molar-refractivity contribution in [2.75, 3.05) is 5.73 Å². The highest BCUT2D eigenvalue weighted by Crippen LogP contribution is 2.37. The maximum Gasteiger partial charge on any atom is 0.227 e. The molecule has 0 unspecified atom stereocenters. The van der Waals surface area contributed by atoms with Crippen molar-refractivity contribution in [2.24, 2.45) is 0 Å². The number of anilines is 1. The number of aromatic nitrogens is 4. The lowest BCUT2D eigenvalue weighted by Gasteiger charge is -2.11. The van der Waals surface area contributed by atoms with Crippen LogP contribution in [0.1, 0.15) is 0 Å². The van der Waals surface area contributed by atoms with Crippen LogP contribution in [0.15, 0.2) is 180 Å². The normalized spacial score (nSPS) is 11.2. The van der Waals surface area contributed by atoms with Gasteiger partial charge in [-0.25, -0.2) is 19.9 Å². The first kappa shape index (κ1) is 30.8. The molecule has 0 atom stereocenters. The second-order valence-electron chi connectivity index (χ2n) is 12.5. The molecule has 6 nitrogen and oxygen atoms in total. The number of nitrogens with two attached hydrogens (primary N) is 1. The smallest absolute Gasteiger partial charge is 0.227 e. The Hall–Kier alpha value is -7.18. The molecule has 246 valence electrons. The quantitative estimate of drug-likeness (QED) is 0.170. The number of benzene rings is 7. The van der Waals surface area contributed by atoms with E-state index in [1.165, 1.54) is 0 Å². The second kappa shape index (κ2) is 13.3. The molecule has 0 bridgehead atoms. The SMILES string of the molecule is Nc1cc(-c2ccc(-c3ccc(-c4nc(-c5ccccc5)nc(-c5ccccc5)n4)cc3)cc2)ccc1-c1cccc2oc(-c3ccccc3)nc12. The highest BCUT2D eigenvalue weighted by molar-refractivity contribution is 5.96. The fourth-order valence-corrected chi connectivity index (χ4v) is 6.46. The van der Waals surface area contributed by atoms with E-state index in [-0.39, 0.29) is 0 Å². The Morgan fingerprint density at radius 2 is 0.788 bits per heavy atom. The van der Waals surface area contributed by atoms with Crippen molar-refractivity contribution < 1.29 is 4.42 Å². The summed E-state index contributed by atoms with van der Waals surface area (Å²) in [5.41, 5.74) is 18.8. The summed E-state index contributed by atoms with van der Waals surface area (Å²) in [7, 11) is 0. The number of hydrogen-bond donors (Lipinski definition) is 1. The predicted octanol–water partition coefficient (Wildman–Crippen LogP) is 11.3. The molecule has 2 N–H and O–H groups in total. The van der Waals surface area contributed by atoms with Crippen molar-refractivity contribution in [1.29, 1.82) is 0 Å². The van der Waals surface area contributed by atoms with Crippen LogP contribution in [0, 0.1) is 0 Å². The van der Waals surface area contributed by atoms with E-state index in [1.807, 2.05) is 115 Å². The highest BCUT2D eigenvalue weighted by atomic mass is 16.3. The highest BCUT2D eigenvalue weighted by Gasteiger charge is 2.16. The first-order valence-corrected chi connectivity index (χ1v) is 17.1. The number of nitrogen functional groups attached to an aromatic ring is 1. The van der Waals surface area contributed by atoms with E-state index in [9.17, 15) is 0 Å². The van der Waals surface area contributed by atoms with Gasteiger partial charge in [0.05, 0.1) is 0 Å². The summed E-state index contributed by atoms with van der Waals surface area (Å²) in [4.78, 5) is 19.4. The third kappa shape index (κ3) is 5.99. The summed E-state index contributed by atoms with van der Waals surface area (Å²) in [6.45, 7) is 0. The third-order valence-electron chi connectivity index (χ3n) is 9.18. The van der Waals surface area contributed by atoms with Crippen molar-refractivity contribution >= 4 is 16.8 Å². The van der Waals surface area contributed by atoms with Gasteiger partial charge >= 0.3 is 0 Å². The Morgan fingerprint density at radius 3 is 1.31 bits per heavy atom. The summed E-state index contributed by atoms with van der Waals surface area (Å²) >= 11 is 0. The fraction of sp³-hybridized carbons (Fsp3) is 0. The molecule has 0 saturated carbocycles. The maximum atomic E-state index is 6.69. The van der Waals surface area contributed by atoms with Gasteiger partial charge in [0.25, 0.3) is 0 Å². The standard InChI is InChI=1S/C46H31N5O/c47-40-29-37(27-28-38(40)39-17-10-18-41-42(39)48-46(52-41)36-15-8-3-9-16-36)32-21-19-30(20-22-32)31-23-25-35(26-24-31)45-50-43(33-11-4-1-5-12-33)49-44(51-45)34-13-6-2-7-14-34/h1-29H,47H2. The fourth-order valence-electron chi connectivity index (χ4n) is 6.46. The molecule has 2 aromatic heterocycles. The largest absolute Gasteiger partial charge is 0.436 e. The molecule has 9 rings (SSSR count). The molecular weight excluding hydrogens is 639 g/mol. The van der Waals surface area contributed by atoms with Gasteiger partial charge in [0.15, 0.2) is 23.1 Å². The van der Waals surface area contributed by atoms with Gasteiger partial charge in [-0.2, -0.15) is 0 Å². The van der Waals surface area contributed by atoms with Crippen LogP contribution in [-0.2, 0) is 0 Å². The van der Waals surface area contributed by atoms with Crippen molar-refractivity contribution in [3.63, 3.8) is 0 Å². The van der Waals surface area contributed by atoms with Gasteiger partial charge in [-0.1, -0.05) is 152 Å². The minimum Gasteiger partial charge on any atom is -0.436 e. The lowest BCUT2D eigenvalue weighted by molar-refractivity contribution is 0.620. The average molecular weight is 670 g/mol. The molecule has 0 aliphatic rings. The zero-order valence-electron chi connectivity index (χ0n) is 28.0. The first-order chi connectivity index (χ1) is 25.7. The van der Waals surface area contributed by atoms with Crippen LogP contribution < -0.4 is 5.73 Å². The van der Waals surface area contributed by atoms with Crippen molar-refractivity contribution in [3.05, 3.63) is 176 Å². The Morgan fingerprint density at radius 1 is 0.346 bits per heavy atom. The van der Waals surface area contributed by atoms with E-state index in [1.54, 1.807) is 0 Å². The van der Waals surface area contributed by atoms with Gasteiger partial charge in [-0.3, -0.25) is 0 Å². The summed E-state index contributed by atoms with van der Waals surface area (Å²) < 4.78 is 6.11. The van der Waals surface area contributed by atoms with Gasteiger partial charge in [0.1, 0.15) is 5.52 Å². The lowest BCUT2D eigenvalue weighted by Crippen LogP contribution is -2.00. The minimum atomic E-state index is 0.591. The molecule has 0 spiro atoms. The monoisotopic (exact) mass is 669 g/mol. The van der Waals surface area contributed by atoms with Crippen LogP contribution >= 0.6 is 0 Å². The van der Waals surface area contributed by atoms with Crippen LogP contribution in [-0.4, -0.2) is 19.9 Å². The van der Waals surface area contributed by atoms with Crippen molar-refractivity contribution in [3.8, 4) is 79.0 Å². The third-order valence-corrected chi connectivity index (χ3v) is 9.18. The molecule has 9 aromatic rings. The zero-order valence-corrected chi connectivity index (χ0v) is 28.0. The van der Waals surface area contributed by atoms with Crippen molar-refractivity contribution in [2.45, 2.75) is 0 Å². The maximum absolute atomic E-state index is 6.69. The van der Waals surface area contributed by atoms with Crippen LogP contribution in [0.3, 0.4) is 0 Å². The molecule has 0 aliphatic carbocycles. The van der Waals surface area contributed by atoms with Crippen LogP contribution in [0.5, 0.6) is 0 Å². The Balaban J connectivity index is 0.976. The van der Waals surface area contributed by atoms with Crippen LogP contribution in [0.25, 0.3) is 90.1 Å². The van der Waals surface area contributed by atoms with Gasteiger partial charge in [0.2, 0.25) is 5.89 Å². The van der Waals surface area contributed by atoms with E-state index in [4.69, 9.17) is 30.1 Å². The van der Waals surface area contributed by atoms with Gasteiger partial charge < -0.3 is 10.2 Å². The lowest BCUT2D eigenvalue weighted by atomic mass is 9.96. The molecule has 0 radical (unpaired) electrons. The summed E-state index contributed by atoms with van der Waals surface area (Å²) in [6, 6.07) is 59.0. The Labute approximate surface area is 301 Å². The minimum absolute atomic E-state index is 0.591. The van der Waals surface area contributed by atoms with Gasteiger partial charge in [-0.15, -0.1) is 0 Å². The topological polar surface area (TPSA) is 90.7 Å². The number of oxazole rings is 1. The molecule has 0 saturated heterocycles. The van der Waals surface area contributed by atoms with Crippen LogP contribution in [0.2, 0.25) is 0 Å². The number of hydrogen-bond acceptors (Lipinski definition) is 6. The van der Waals surface area contributed by atoms with E-state index in [2.05, 4.69) is 60.7 Å². The second-order valence-corrected chi connectivity index (χ2v) is 12.5. The van der Waals surface area contributed by atoms with E-state index in [0.29, 0.717) is 29.1 Å². The zero-order chi connectivity index (χ0) is 34.9. The number of para-hydroxylation sites is 1. The summed E-state index contributed by atoms with van der Waals surface area (Å²) in [5, 5.41) is 0. The molecule has 0 aliphatic heterocycles. The number of fused-ring (bicyclic) bond motifs is 1. The van der Waals surface area contributed by atoms with E-state index in [0.717, 1.165) is 66.7 Å². The molecule has 0 amide bonds. The predicted molar refractivity (Wildman–Crippen MR) is 210 cm³/mol. The van der Waals surface area contributed by atoms with Crippen LogP contribution in [0.4, 0.5) is 5.69 Å². The molecule has 6 heteroatoms. The number of rotatable bonds is 7.